The van der Waals surface area contributed by atoms with Crippen molar-refractivity contribution in [2.75, 3.05) is 11.9 Å². The number of anilines is 1. The lowest BCUT2D eigenvalue weighted by molar-refractivity contribution is -0.150. The number of hydrogen-bond acceptors (Lipinski definition) is 4. The summed E-state index contributed by atoms with van der Waals surface area (Å²) < 4.78 is 4.79. The van der Waals surface area contributed by atoms with E-state index in [1.807, 2.05) is 0 Å². The van der Waals surface area contributed by atoms with Crippen molar-refractivity contribution in [2.24, 2.45) is 0 Å². The molecule has 1 amide bonds. The molecular weight excluding hydrogens is 283 g/mol. The molecule has 1 unspecified atom stereocenters. The van der Waals surface area contributed by atoms with Crippen LogP contribution in [0.2, 0.25) is 10.0 Å². The fourth-order valence-corrected chi connectivity index (χ4v) is 1.37. The van der Waals surface area contributed by atoms with Crippen LogP contribution in [0.4, 0.5) is 5.82 Å². The molecule has 0 aliphatic carbocycles. The normalized spacial score (nSPS) is 11.9. The fraction of sp³-hybridized carbons (Fsp3) is 0.300. The molecule has 0 saturated heterocycles. The van der Waals surface area contributed by atoms with Gasteiger partial charge in [0, 0.05) is 6.20 Å². The van der Waals surface area contributed by atoms with Gasteiger partial charge < -0.3 is 15.2 Å². The lowest BCUT2D eigenvalue weighted by Crippen LogP contribution is -2.26. The van der Waals surface area contributed by atoms with Crippen LogP contribution in [0.5, 0.6) is 0 Å². The van der Waals surface area contributed by atoms with E-state index in [9.17, 15) is 9.59 Å². The van der Waals surface area contributed by atoms with Crippen LogP contribution >= 0.6 is 23.2 Å². The zero-order chi connectivity index (χ0) is 13.7. The summed E-state index contributed by atoms with van der Waals surface area (Å²) in [6.45, 7) is 0.914. The SMILES string of the molecule is CC(OCC(=O)Nc1ncc(Cl)cc1Cl)C(=O)O. The van der Waals surface area contributed by atoms with Crippen molar-refractivity contribution in [1.29, 1.82) is 0 Å². The van der Waals surface area contributed by atoms with Crippen LogP contribution in [-0.4, -0.2) is 34.7 Å². The Bertz CT molecular complexity index is 467. The summed E-state index contributed by atoms with van der Waals surface area (Å²) in [6.07, 6.45) is 0.258. The summed E-state index contributed by atoms with van der Waals surface area (Å²) in [5.74, 6) is -1.57. The third-order valence-corrected chi connectivity index (χ3v) is 2.37. The Hall–Kier alpha value is -1.37. The van der Waals surface area contributed by atoms with Crippen molar-refractivity contribution in [3.05, 3.63) is 22.3 Å². The van der Waals surface area contributed by atoms with E-state index in [0.29, 0.717) is 5.02 Å². The van der Waals surface area contributed by atoms with Gasteiger partial charge in [-0.05, 0) is 13.0 Å². The van der Waals surface area contributed by atoms with Crippen molar-refractivity contribution >= 4 is 40.9 Å². The van der Waals surface area contributed by atoms with Crippen LogP contribution in [0.1, 0.15) is 6.92 Å². The molecule has 1 rings (SSSR count). The smallest absolute Gasteiger partial charge is 0.332 e. The molecule has 1 aromatic heterocycles. The van der Waals surface area contributed by atoms with Crippen molar-refractivity contribution in [3.63, 3.8) is 0 Å². The molecule has 1 atom stereocenters. The Morgan fingerprint density at radius 2 is 2.22 bits per heavy atom. The first-order valence-corrected chi connectivity index (χ1v) is 5.61. The number of carboxylic acid groups (broad SMARTS) is 1. The van der Waals surface area contributed by atoms with Crippen molar-refractivity contribution in [1.82, 2.24) is 4.98 Å². The van der Waals surface area contributed by atoms with E-state index < -0.39 is 24.6 Å². The molecule has 1 aromatic rings. The van der Waals surface area contributed by atoms with E-state index >= 15 is 0 Å². The Labute approximate surface area is 113 Å². The van der Waals surface area contributed by atoms with Crippen LogP contribution in [0, 0.1) is 0 Å². The van der Waals surface area contributed by atoms with Gasteiger partial charge in [0.15, 0.2) is 11.9 Å². The van der Waals surface area contributed by atoms with E-state index in [0.717, 1.165) is 0 Å². The molecule has 98 valence electrons. The molecule has 0 spiro atoms. The Morgan fingerprint density at radius 3 is 2.78 bits per heavy atom. The third-order valence-electron chi connectivity index (χ3n) is 1.88. The average molecular weight is 293 g/mol. The second-order valence-corrected chi connectivity index (χ2v) is 4.17. The van der Waals surface area contributed by atoms with E-state index in [1.54, 1.807) is 0 Å². The molecule has 0 saturated carbocycles. The average Bonchev–Trinajstić information content (AvgIpc) is 2.29. The van der Waals surface area contributed by atoms with E-state index in [2.05, 4.69) is 10.3 Å². The number of hydrogen-bond donors (Lipinski definition) is 2. The third kappa shape index (κ3) is 4.48. The number of aromatic nitrogens is 1. The lowest BCUT2D eigenvalue weighted by Gasteiger charge is -2.09. The summed E-state index contributed by atoms with van der Waals surface area (Å²) in [5, 5.41) is 11.5. The number of rotatable bonds is 5. The maximum Gasteiger partial charge on any atom is 0.332 e. The van der Waals surface area contributed by atoms with Gasteiger partial charge in [0.25, 0.3) is 5.91 Å². The van der Waals surface area contributed by atoms with Crippen LogP contribution in [-0.2, 0) is 14.3 Å². The minimum atomic E-state index is -1.15. The number of ether oxygens (including phenoxy) is 1. The van der Waals surface area contributed by atoms with Gasteiger partial charge in [-0.3, -0.25) is 4.79 Å². The van der Waals surface area contributed by atoms with Gasteiger partial charge in [0.2, 0.25) is 0 Å². The standard InChI is InChI=1S/C10H10Cl2N2O4/c1-5(10(16)17)18-4-8(15)14-9-7(12)2-6(11)3-13-9/h2-3,5H,4H2,1H3,(H,16,17)(H,13,14,15). The molecule has 0 bridgehead atoms. The number of nitrogens with one attached hydrogen (secondary N) is 1. The van der Waals surface area contributed by atoms with Gasteiger partial charge >= 0.3 is 5.97 Å². The minimum Gasteiger partial charge on any atom is -0.479 e. The first-order chi connectivity index (χ1) is 8.40. The molecule has 8 heteroatoms. The molecule has 0 aliphatic rings. The van der Waals surface area contributed by atoms with Gasteiger partial charge in [-0.15, -0.1) is 0 Å². The second-order valence-electron chi connectivity index (χ2n) is 3.32. The molecule has 1 heterocycles. The van der Waals surface area contributed by atoms with Crippen molar-refractivity contribution < 1.29 is 19.4 Å². The Morgan fingerprint density at radius 1 is 1.56 bits per heavy atom. The van der Waals surface area contributed by atoms with Crippen LogP contribution in [0.25, 0.3) is 0 Å². The summed E-state index contributed by atoms with van der Waals surface area (Å²) in [7, 11) is 0. The van der Waals surface area contributed by atoms with Gasteiger partial charge in [0.1, 0.15) is 6.61 Å². The predicted octanol–water partition coefficient (Wildman–Crippen LogP) is 1.82. The van der Waals surface area contributed by atoms with Crippen molar-refractivity contribution in [2.45, 2.75) is 13.0 Å². The maximum absolute atomic E-state index is 11.4. The molecule has 2 N–H and O–H groups in total. The Kier molecular flexibility index (Phi) is 5.33. The molecule has 0 aromatic carbocycles. The zero-order valence-electron chi connectivity index (χ0n) is 9.31. The summed E-state index contributed by atoms with van der Waals surface area (Å²) >= 11 is 11.4. The van der Waals surface area contributed by atoms with Crippen molar-refractivity contribution in [3.8, 4) is 0 Å². The number of pyridine rings is 1. The number of carbonyl (C=O) groups excluding carboxylic acids is 1. The highest BCUT2D eigenvalue weighted by molar-refractivity contribution is 6.36. The number of amides is 1. The van der Waals surface area contributed by atoms with Gasteiger partial charge in [-0.25, -0.2) is 9.78 Å². The van der Waals surface area contributed by atoms with Crippen LogP contribution in [0.15, 0.2) is 12.3 Å². The quantitative estimate of drug-likeness (QED) is 0.864. The second kappa shape index (κ2) is 6.53. The monoisotopic (exact) mass is 292 g/mol. The molecule has 0 fully saturated rings. The van der Waals surface area contributed by atoms with Crippen LogP contribution in [0.3, 0.4) is 0 Å². The molecular formula is C10H10Cl2N2O4. The van der Waals surface area contributed by atoms with Gasteiger partial charge in [0.05, 0.1) is 10.0 Å². The first kappa shape index (κ1) is 14.7. The largest absolute Gasteiger partial charge is 0.479 e. The summed E-state index contributed by atoms with van der Waals surface area (Å²) in [4.78, 5) is 25.7. The van der Waals surface area contributed by atoms with E-state index in [4.69, 9.17) is 33.0 Å². The topological polar surface area (TPSA) is 88.5 Å². The number of carboxylic acids is 1. The van der Waals surface area contributed by atoms with E-state index in [-0.39, 0.29) is 10.8 Å². The highest BCUT2D eigenvalue weighted by Gasteiger charge is 2.14. The van der Waals surface area contributed by atoms with Crippen LogP contribution < -0.4 is 5.32 Å². The number of aliphatic carboxylic acids is 1. The molecule has 6 nitrogen and oxygen atoms in total. The predicted molar refractivity (Wildman–Crippen MR) is 65.9 cm³/mol. The highest BCUT2D eigenvalue weighted by atomic mass is 35.5. The number of carbonyl (C=O) groups is 2. The summed E-state index contributed by atoms with van der Waals surface area (Å²) in [5.41, 5.74) is 0. The highest BCUT2D eigenvalue weighted by Crippen LogP contribution is 2.22. The fourth-order valence-electron chi connectivity index (χ4n) is 0.947. The zero-order valence-corrected chi connectivity index (χ0v) is 10.8. The molecule has 0 radical (unpaired) electrons. The maximum atomic E-state index is 11.4. The first-order valence-electron chi connectivity index (χ1n) is 4.85. The minimum absolute atomic E-state index is 0.137. The van der Waals surface area contributed by atoms with E-state index in [1.165, 1.54) is 19.2 Å². The molecule has 18 heavy (non-hydrogen) atoms. The number of halogens is 2. The molecule has 0 aliphatic heterocycles. The van der Waals surface area contributed by atoms with Gasteiger partial charge in [-0.1, -0.05) is 23.2 Å². The lowest BCUT2D eigenvalue weighted by atomic mass is 10.4. The van der Waals surface area contributed by atoms with Gasteiger partial charge in [-0.2, -0.15) is 0 Å². The Balaban J connectivity index is 2.52. The summed E-state index contributed by atoms with van der Waals surface area (Å²) in [6, 6.07) is 1.42. The number of nitrogens with zero attached hydrogens (tertiary/aromatic N) is 1.